The van der Waals surface area contributed by atoms with E-state index >= 15 is 0 Å². The van der Waals surface area contributed by atoms with Crippen molar-refractivity contribution in [1.82, 2.24) is 0 Å². The van der Waals surface area contributed by atoms with Gasteiger partial charge in [-0.15, -0.1) is 0 Å². The molecule has 134 valence electrons. The molecule has 1 fully saturated rings. The van der Waals surface area contributed by atoms with Crippen molar-refractivity contribution in [3.05, 3.63) is 60.0 Å². The zero-order chi connectivity index (χ0) is 17.5. The first-order chi connectivity index (χ1) is 12.2. The van der Waals surface area contributed by atoms with Crippen LogP contribution in [0.25, 0.3) is 0 Å². The van der Waals surface area contributed by atoms with Crippen LogP contribution >= 0.6 is 0 Å². The average Bonchev–Trinajstić information content (AvgIpc) is 3.31. The Morgan fingerprint density at radius 3 is 2.44 bits per heavy atom. The Morgan fingerprint density at radius 2 is 1.80 bits per heavy atom. The van der Waals surface area contributed by atoms with E-state index in [0.717, 1.165) is 44.9 Å². The molecule has 0 amide bonds. The van der Waals surface area contributed by atoms with Crippen molar-refractivity contribution in [3.8, 4) is 0 Å². The predicted octanol–water partition coefficient (Wildman–Crippen LogP) is 5.10. The van der Waals surface area contributed by atoms with Crippen LogP contribution in [0.15, 0.2) is 57.7 Å². The van der Waals surface area contributed by atoms with Gasteiger partial charge >= 0.3 is 5.97 Å². The molecule has 0 aromatic carbocycles. The molecule has 2 aromatic heterocycles. The summed E-state index contributed by atoms with van der Waals surface area (Å²) < 4.78 is 15.7. The Hall–Kier alpha value is -2.23. The van der Waals surface area contributed by atoms with Gasteiger partial charge < -0.3 is 13.6 Å². The van der Waals surface area contributed by atoms with Crippen molar-refractivity contribution < 1.29 is 18.4 Å². The van der Waals surface area contributed by atoms with Gasteiger partial charge in [-0.2, -0.15) is 0 Å². The average molecular weight is 342 g/mol. The molecule has 0 spiro atoms. The second-order valence-corrected chi connectivity index (χ2v) is 6.93. The smallest absolute Gasteiger partial charge is 0.309 e. The largest absolute Gasteiger partial charge is 0.472 e. The topological polar surface area (TPSA) is 52.6 Å². The number of esters is 1. The number of furan rings is 2. The molecule has 1 saturated heterocycles. The van der Waals surface area contributed by atoms with Gasteiger partial charge in [-0.3, -0.25) is 4.79 Å². The second kappa shape index (κ2) is 8.75. The van der Waals surface area contributed by atoms with E-state index in [1.54, 1.807) is 25.1 Å². The molecule has 0 bridgehead atoms. The summed E-state index contributed by atoms with van der Waals surface area (Å²) in [6.45, 7) is 2.12. The van der Waals surface area contributed by atoms with Gasteiger partial charge in [-0.1, -0.05) is 5.57 Å². The highest BCUT2D eigenvalue weighted by Crippen LogP contribution is 2.28. The molecule has 25 heavy (non-hydrogen) atoms. The van der Waals surface area contributed by atoms with Crippen molar-refractivity contribution in [2.24, 2.45) is 5.92 Å². The number of cyclic esters (lactones) is 1. The summed E-state index contributed by atoms with van der Waals surface area (Å²) in [4.78, 5) is 12.0. The maximum atomic E-state index is 12.0. The normalized spacial score (nSPS) is 20.8. The van der Waals surface area contributed by atoms with Crippen molar-refractivity contribution in [1.29, 1.82) is 0 Å². The van der Waals surface area contributed by atoms with Gasteiger partial charge in [-0.05, 0) is 74.8 Å². The number of carbonyl (C=O) groups is 1. The van der Waals surface area contributed by atoms with Crippen molar-refractivity contribution >= 4 is 5.97 Å². The molecule has 2 atom stereocenters. The van der Waals surface area contributed by atoms with E-state index in [9.17, 15) is 4.79 Å². The molecular weight excluding hydrogens is 316 g/mol. The van der Waals surface area contributed by atoms with Crippen LogP contribution in [0, 0.1) is 5.92 Å². The maximum Gasteiger partial charge on any atom is 0.309 e. The van der Waals surface area contributed by atoms with Gasteiger partial charge in [0.1, 0.15) is 6.10 Å². The van der Waals surface area contributed by atoms with Crippen LogP contribution in [-0.2, 0) is 22.4 Å². The summed E-state index contributed by atoms with van der Waals surface area (Å²) in [7, 11) is 0. The van der Waals surface area contributed by atoms with E-state index < -0.39 is 0 Å². The summed E-state index contributed by atoms with van der Waals surface area (Å²) in [5.74, 6) is -0.00785. The molecule has 1 aliphatic rings. The molecule has 4 nitrogen and oxygen atoms in total. The number of carbonyl (C=O) groups excluding carboxylic acids is 1. The lowest BCUT2D eigenvalue weighted by atomic mass is 9.96. The van der Waals surface area contributed by atoms with E-state index in [0.29, 0.717) is 0 Å². The quantitative estimate of drug-likeness (QED) is 0.470. The Balaban J connectivity index is 1.38. The fourth-order valence-corrected chi connectivity index (χ4v) is 3.40. The van der Waals surface area contributed by atoms with E-state index in [1.165, 1.54) is 16.7 Å². The number of hydrogen-bond acceptors (Lipinski definition) is 4. The lowest BCUT2D eigenvalue weighted by molar-refractivity contribution is -0.143. The van der Waals surface area contributed by atoms with Gasteiger partial charge in [-0.25, -0.2) is 0 Å². The first kappa shape index (κ1) is 17.6. The van der Waals surface area contributed by atoms with Crippen LogP contribution in [0.4, 0.5) is 0 Å². The van der Waals surface area contributed by atoms with Crippen LogP contribution in [-0.4, -0.2) is 12.1 Å². The summed E-state index contributed by atoms with van der Waals surface area (Å²) in [6, 6.07) is 3.98. The minimum absolute atomic E-state index is 0.0341. The Kier molecular flexibility index (Phi) is 6.15. The fourth-order valence-electron chi connectivity index (χ4n) is 3.40. The number of allylic oxidation sites excluding steroid dienone is 1. The van der Waals surface area contributed by atoms with E-state index in [-0.39, 0.29) is 18.0 Å². The van der Waals surface area contributed by atoms with Gasteiger partial charge in [0.25, 0.3) is 0 Å². The minimum Gasteiger partial charge on any atom is -0.472 e. The van der Waals surface area contributed by atoms with Gasteiger partial charge in [0.05, 0.1) is 31.0 Å². The highest BCUT2D eigenvalue weighted by molar-refractivity contribution is 5.74. The highest BCUT2D eigenvalue weighted by atomic mass is 16.5. The molecule has 2 aromatic rings. The molecule has 3 heterocycles. The molecule has 1 aliphatic heterocycles. The molecule has 0 aliphatic carbocycles. The Bertz CT molecular complexity index is 667. The highest BCUT2D eigenvalue weighted by Gasteiger charge is 2.32. The third-order valence-corrected chi connectivity index (χ3v) is 4.80. The number of hydrogen-bond donors (Lipinski definition) is 0. The third kappa shape index (κ3) is 5.38. The number of aryl methyl sites for hydroxylation is 2. The monoisotopic (exact) mass is 342 g/mol. The van der Waals surface area contributed by atoms with Crippen molar-refractivity contribution in [2.75, 3.05) is 0 Å². The standard InChI is InChI=1S/C21H26O4/c1-16(4-2-5-17-8-10-23-14-17)12-20-13-19(21(22)25-20)7-3-6-18-9-11-24-15-18/h8-12,14-15,19-20H,2-7,13H2,1H3/b16-12+/t19-,20+/m0/s1. The van der Waals surface area contributed by atoms with Crippen LogP contribution < -0.4 is 0 Å². The fraction of sp³-hybridized carbons (Fsp3) is 0.476. The Labute approximate surface area is 148 Å². The van der Waals surface area contributed by atoms with Crippen molar-refractivity contribution in [3.63, 3.8) is 0 Å². The number of ether oxygens (including phenoxy) is 1. The molecule has 0 saturated carbocycles. The summed E-state index contributed by atoms with van der Waals surface area (Å²) in [6.07, 6.45) is 15.8. The van der Waals surface area contributed by atoms with Gasteiger partial charge in [0.15, 0.2) is 0 Å². The van der Waals surface area contributed by atoms with Gasteiger partial charge in [0, 0.05) is 6.42 Å². The van der Waals surface area contributed by atoms with E-state index in [2.05, 4.69) is 13.0 Å². The molecular formula is C21H26O4. The van der Waals surface area contributed by atoms with Crippen LogP contribution in [0.2, 0.25) is 0 Å². The molecule has 4 heteroatoms. The third-order valence-electron chi connectivity index (χ3n) is 4.80. The first-order valence-corrected chi connectivity index (χ1v) is 9.10. The SMILES string of the molecule is C/C(=C\[C@@H]1C[C@H](CCCc2ccoc2)C(=O)O1)CCCc1ccoc1. The molecule has 0 radical (unpaired) electrons. The Morgan fingerprint density at radius 1 is 1.12 bits per heavy atom. The summed E-state index contributed by atoms with van der Waals surface area (Å²) in [5.41, 5.74) is 3.72. The zero-order valence-electron chi connectivity index (χ0n) is 14.8. The van der Waals surface area contributed by atoms with Crippen LogP contribution in [0.3, 0.4) is 0 Å². The minimum atomic E-state index is -0.0552. The molecule has 3 rings (SSSR count). The maximum absolute atomic E-state index is 12.0. The van der Waals surface area contributed by atoms with Gasteiger partial charge in [0.2, 0.25) is 0 Å². The van der Waals surface area contributed by atoms with Crippen molar-refractivity contribution in [2.45, 2.75) is 58.0 Å². The summed E-state index contributed by atoms with van der Waals surface area (Å²) in [5, 5.41) is 0. The zero-order valence-corrected chi connectivity index (χ0v) is 14.8. The molecule has 0 unspecified atom stereocenters. The lowest BCUT2D eigenvalue weighted by Crippen LogP contribution is -2.07. The second-order valence-electron chi connectivity index (χ2n) is 6.93. The first-order valence-electron chi connectivity index (χ1n) is 9.10. The van der Waals surface area contributed by atoms with Crippen LogP contribution in [0.5, 0.6) is 0 Å². The lowest BCUT2D eigenvalue weighted by Gasteiger charge is -2.06. The van der Waals surface area contributed by atoms with Crippen LogP contribution in [0.1, 0.15) is 50.2 Å². The van der Waals surface area contributed by atoms with E-state index in [1.807, 2.05) is 12.1 Å². The van der Waals surface area contributed by atoms with E-state index in [4.69, 9.17) is 13.6 Å². The predicted molar refractivity (Wildman–Crippen MR) is 95.0 cm³/mol. The molecule has 0 N–H and O–H groups in total. The summed E-state index contributed by atoms with van der Waals surface area (Å²) >= 11 is 0. The number of rotatable bonds is 9.